The van der Waals surface area contributed by atoms with Gasteiger partial charge in [0, 0.05) is 18.2 Å². The van der Waals surface area contributed by atoms with Crippen molar-refractivity contribution >= 4 is 22.7 Å². The van der Waals surface area contributed by atoms with Crippen LogP contribution < -0.4 is 0 Å². The maximum absolute atomic E-state index is 11.6. The monoisotopic (exact) mass is 226 g/mol. The molecular formula is C10H14N2O2S. The van der Waals surface area contributed by atoms with Crippen LogP contribution in [0.5, 0.6) is 0 Å². The normalized spacial score (nSPS) is 37.1. The molecule has 0 unspecified atom stereocenters. The van der Waals surface area contributed by atoms with Crippen molar-refractivity contribution in [1.82, 2.24) is 4.90 Å². The van der Waals surface area contributed by atoms with Crippen LogP contribution in [0.15, 0.2) is 5.16 Å². The number of amides is 1. The number of oxime groups is 1. The summed E-state index contributed by atoms with van der Waals surface area (Å²) in [5.74, 6) is 1.23. The summed E-state index contributed by atoms with van der Waals surface area (Å²) in [6, 6.07) is 0.197. The number of hydrogen-bond acceptors (Lipinski definition) is 4. The molecule has 3 aliphatic rings. The lowest BCUT2D eigenvalue weighted by Gasteiger charge is -2.35. The average molecular weight is 226 g/mol. The van der Waals surface area contributed by atoms with Gasteiger partial charge in [-0.05, 0) is 20.3 Å². The summed E-state index contributed by atoms with van der Waals surface area (Å²) in [4.78, 5) is 19.0. The Balaban J connectivity index is 1.92. The van der Waals surface area contributed by atoms with Crippen molar-refractivity contribution in [3.05, 3.63) is 0 Å². The van der Waals surface area contributed by atoms with E-state index in [-0.39, 0.29) is 16.9 Å². The third-order valence-corrected chi connectivity index (χ3v) is 4.52. The Labute approximate surface area is 93.0 Å². The molecule has 2 atom stereocenters. The van der Waals surface area contributed by atoms with Gasteiger partial charge in [0.25, 0.3) is 5.24 Å². The van der Waals surface area contributed by atoms with Gasteiger partial charge in [-0.25, -0.2) is 0 Å². The van der Waals surface area contributed by atoms with Gasteiger partial charge < -0.3 is 9.74 Å². The van der Waals surface area contributed by atoms with Crippen molar-refractivity contribution in [2.75, 3.05) is 12.3 Å². The highest BCUT2D eigenvalue weighted by Gasteiger charge is 2.51. The molecular weight excluding hydrogens is 212 g/mol. The van der Waals surface area contributed by atoms with Crippen LogP contribution in [0.2, 0.25) is 0 Å². The molecule has 0 aromatic heterocycles. The molecule has 15 heavy (non-hydrogen) atoms. The SMILES string of the molecule is CC1(C)ON=C2[C@@H]3CSC(=O)N3CC[C@@H]21. The minimum atomic E-state index is -0.183. The van der Waals surface area contributed by atoms with Gasteiger partial charge in [0.2, 0.25) is 0 Å². The summed E-state index contributed by atoms with van der Waals surface area (Å²) >= 11 is 1.40. The van der Waals surface area contributed by atoms with E-state index in [1.54, 1.807) is 0 Å². The molecule has 4 nitrogen and oxygen atoms in total. The second kappa shape index (κ2) is 2.90. The first-order valence-electron chi connectivity index (χ1n) is 5.29. The second-order valence-corrected chi connectivity index (χ2v) is 5.81. The molecule has 0 radical (unpaired) electrons. The van der Waals surface area contributed by atoms with Crippen LogP contribution in [-0.2, 0) is 4.84 Å². The van der Waals surface area contributed by atoms with Crippen molar-refractivity contribution in [3.8, 4) is 0 Å². The fraction of sp³-hybridized carbons (Fsp3) is 0.800. The lowest BCUT2D eigenvalue weighted by atomic mass is 9.79. The van der Waals surface area contributed by atoms with Crippen LogP contribution in [0.1, 0.15) is 20.3 Å². The molecule has 0 spiro atoms. The highest BCUT2D eigenvalue weighted by Crippen LogP contribution is 2.41. The maximum atomic E-state index is 11.6. The number of carbonyl (C=O) groups excluding carboxylic acids is 1. The number of thioether (sulfide) groups is 1. The van der Waals surface area contributed by atoms with Crippen molar-refractivity contribution in [3.63, 3.8) is 0 Å². The van der Waals surface area contributed by atoms with Crippen molar-refractivity contribution < 1.29 is 9.63 Å². The Morgan fingerprint density at radius 1 is 1.60 bits per heavy atom. The first-order valence-corrected chi connectivity index (χ1v) is 6.27. The smallest absolute Gasteiger partial charge is 0.282 e. The highest BCUT2D eigenvalue weighted by molar-refractivity contribution is 8.13. The predicted molar refractivity (Wildman–Crippen MR) is 59.1 cm³/mol. The number of rotatable bonds is 0. The zero-order valence-corrected chi connectivity index (χ0v) is 9.71. The van der Waals surface area contributed by atoms with Gasteiger partial charge in [-0.2, -0.15) is 0 Å². The third-order valence-electron chi connectivity index (χ3n) is 3.56. The third kappa shape index (κ3) is 1.22. The molecule has 0 aliphatic carbocycles. The summed E-state index contributed by atoms with van der Waals surface area (Å²) in [5, 5.41) is 4.40. The standard InChI is InChI=1S/C10H14N2O2S/c1-10(2)6-3-4-12-7(5-15-9(12)13)8(6)11-14-10/h6-7H,3-5H2,1-2H3/t6-,7-/m0/s1. The van der Waals surface area contributed by atoms with Crippen molar-refractivity contribution in [2.45, 2.75) is 31.9 Å². The van der Waals surface area contributed by atoms with E-state index in [1.807, 2.05) is 4.90 Å². The van der Waals surface area contributed by atoms with Crippen molar-refractivity contribution in [1.29, 1.82) is 0 Å². The Morgan fingerprint density at radius 2 is 2.40 bits per heavy atom. The van der Waals surface area contributed by atoms with E-state index in [9.17, 15) is 4.79 Å². The molecule has 5 heteroatoms. The molecule has 0 saturated carbocycles. The van der Waals surface area contributed by atoms with Crippen LogP contribution >= 0.6 is 11.8 Å². The Morgan fingerprint density at radius 3 is 3.20 bits per heavy atom. The molecule has 82 valence electrons. The molecule has 3 rings (SSSR count). The van der Waals surface area contributed by atoms with Crippen molar-refractivity contribution in [2.24, 2.45) is 11.1 Å². The number of hydrogen-bond donors (Lipinski definition) is 0. The zero-order valence-electron chi connectivity index (χ0n) is 8.90. The minimum absolute atomic E-state index is 0.183. The Bertz CT molecular complexity index is 353. The summed E-state index contributed by atoms with van der Waals surface area (Å²) in [6.07, 6.45) is 0.981. The number of fused-ring (bicyclic) bond motifs is 3. The fourth-order valence-electron chi connectivity index (χ4n) is 2.65. The van der Waals surface area contributed by atoms with E-state index < -0.39 is 0 Å². The van der Waals surface area contributed by atoms with E-state index >= 15 is 0 Å². The summed E-state index contributed by atoms with van der Waals surface area (Å²) in [7, 11) is 0. The predicted octanol–water partition coefficient (Wildman–Crippen LogP) is 1.71. The molecule has 2 fully saturated rings. The summed E-state index contributed by atoms with van der Waals surface area (Å²) in [5.41, 5.74) is 0.905. The number of nitrogens with zero attached hydrogens (tertiary/aromatic N) is 2. The molecule has 0 aromatic carbocycles. The lowest BCUT2D eigenvalue weighted by molar-refractivity contribution is -0.0178. The quantitative estimate of drug-likeness (QED) is 0.631. The van der Waals surface area contributed by atoms with E-state index in [4.69, 9.17) is 4.84 Å². The largest absolute Gasteiger partial charge is 0.389 e. The van der Waals surface area contributed by atoms with Crippen LogP contribution in [0, 0.1) is 5.92 Å². The van der Waals surface area contributed by atoms with Crippen LogP contribution in [-0.4, -0.2) is 39.8 Å². The van der Waals surface area contributed by atoms with Crippen LogP contribution in [0.4, 0.5) is 4.79 Å². The molecule has 0 N–H and O–H groups in total. The van der Waals surface area contributed by atoms with Gasteiger partial charge in [-0.15, -0.1) is 0 Å². The zero-order chi connectivity index (χ0) is 10.6. The molecule has 3 heterocycles. The topological polar surface area (TPSA) is 41.9 Å². The van der Waals surface area contributed by atoms with E-state index in [0.29, 0.717) is 5.92 Å². The average Bonchev–Trinajstić information content (AvgIpc) is 2.70. The van der Waals surface area contributed by atoms with Crippen LogP contribution in [0.25, 0.3) is 0 Å². The second-order valence-electron chi connectivity index (χ2n) is 4.84. The number of piperidine rings is 1. The first kappa shape index (κ1) is 9.51. The Kier molecular flexibility index (Phi) is 1.84. The molecule has 2 saturated heterocycles. The lowest BCUT2D eigenvalue weighted by Crippen LogP contribution is -2.51. The van der Waals surface area contributed by atoms with Crippen LogP contribution in [0.3, 0.4) is 0 Å². The van der Waals surface area contributed by atoms with Gasteiger partial charge in [-0.1, -0.05) is 16.9 Å². The van der Waals surface area contributed by atoms with E-state index in [1.165, 1.54) is 11.8 Å². The first-order chi connectivity index (χ1) is 7.09. The molecule has 1 amide bonds. The highest BCUT2D eigenvalue weighted by atomic mass is 32.2. The number of carbonyl (C=O) groups is 1. The molecule has 0 aromatic rings. The van der Waals surface area contributed by atoms with Gasteiger partial charge in [0.1, 0.15) is 5.60 Å². The van der Waals surface area contributed by atoms with E-state index in [2.05, 4.69) is 19.0 Å². The van der Waals surface area contributed by atoms with Gasteiger partial charge in [0.05, 0.1) is 11.8 Å². The Hall–Kier alpha value is -0.710. The van der Waals surface area contributed by atoms with Gasteiger partial charge >= 0.3 is 0 Å². The fourth-order valence-corrected chi connectivity index (χ4v) is 3.69. The van der Waals surface area contributed by atoms with Gasteiger partial charge in [0.15, 0.2) is 0 Å². The maximum Gasteiger partial charge on any atom is 0.282 e. The summed E-state index contributed by atoms with van der Waals surface area (Å²) in [6.45, 7) is 5.01. The summed E-state index contributed by atoms with van der Waals surface area (Å²) < 4.78 is 0. The van der Waals surface area contributed by atoms with Gasteiger partial charge in [-0.3, -0.25) is 4.79 Å². The minimum Gasteiger partial charge on any atom is -0.389 e. The van der Waals surface area contributed by atoms with E-state index in [0.717, 1.165) is 24.4 Å². The molecule has 3 aliphatic heterocycles. The molecule has 0 bridgehead atoms.